The van der Waals surface area contributed by atoms with Crippen LogP contribution in [0, 0.1) is 17.7 Å². The highest BCUT2D eigenvalue weighted by atomic mass is 79.9. The molecule has 0 aromatic heterocycles. The first-order valence-electron chi connectivity index (χ1n) is 6.97. The van der Waals surface area contributed by atoms with Crippen LogP contribution in [0.5, 0.6) is 0 Å². The largest absolute Gasteiger partial charge is 0.369 e. The van der Waals surface area contributed by atoms with Gasteiger partial charge in [-0.3, -0.25) is 0 Å². The number of benzene rings is 1. The number of hydrogen-bond donors (Lipinski definition) is 1. The fourth-order valence-corrected chi connectivity index (χ4v) is 2.87. The predicted molar refractivity (Wildman–Crippen MR) is 82.1 cm³/mol. The lowest BCUT2D eigenvalue weighted by molar-refractivity contribution is 0.477. The van der Waals surface area contributed by atoms with E-state index in [1.807, 2.05) is 6.07 Å². The Hall–Kier alpha value is -0.610. The Labute approximate surface area is 123 Å². The maximum absolute atomic E-state index is 13.8. The average molecular weight is 329 g/mol. The average Bonchev–Trinajstić information content (AvgIpc) is 2.80. The van der Waals surface area contributed by atoms with Crippen LogP contribution in [0.2, 0.25) is 0 Å². The fraction of sp³-hybridized carbons (Fsp3) is 0.600. The summed E-state index contributed by atoms with van der Waals surface area (Å²) in [6.07, 6.45) is 1.14. The third-order valence-electron chi connectivity index (χ3n) is 3.52. The summed E-state index contributed by atoms with van der Waals surface area (Å²) in [6, 6.07) is 5.15. The molecule has 1 heterocycles. The zero-order valence-corrected chi connectivity index (χ0v) is 13.2. The van der Waals surface area contributed by atoms with Gasteiger partial charge in [0.25, 0.3) is 0 Å². The highest BCUT2D eigenvalue weighted by Crippen LogP contribution is 2.28. The van der Waals surface area contributed by atoms with Crippen LogP contribution in [0.1, 0.15) is 20.3 Å². The summed E-state index contributed by atoms with van der Waals surface area (Å²) in [4.78, 5) is 2.15. The van der Waals surface area contributed by atoms with Gasteiger partial charge in [-0.05, 0) is 49.5 Å². The maximum Gasteiger partial charge on any atom is 0.146 e. The Morgan fingerprint density at radius 2 is 2.26 bits per heavy atom. The molecule has 0 amide bonds. The Kier molecular flexibility index (Phi) is 5.22. The summed E-state index contributed by atoms with van der Waals surface area (Å²) >= 11 is 3.41. The lowest BCUT2D eigenvalue weighted by atomic mass is 10.1. The second-order valence-corrected chi connectivity index (χ2v) is 6.66. The molecule has 1 unspecified atom stereocenters. The van der Waals surface area contributed by atoms with Gasteiger partial charge in [-0.15, -0.1) is 0 Å². The van der Waals surface area contributed by atoms with Gasteiger partial charge in [0.15, 0.2) is 0 Å². The number of rotatable bonds is 5. The molecule has 0 spiro atoms. The lowest BCUT2D eigenvalue weighted by Gasteiger charge is -2.20. The van der Waals surface area contributed by atoms with Crippen molar-refractivity contribution in [3.63, 3.8) is 0 Å². The molecule has 1 aliphatic heterocycles. The molecule has 1 aromatic carbocycles. The van der Waals surface area contributed by atoms with Crippen molar-refractivity contribution in [3.05, 3.63) is 28.5 Å². The van der Waals surface area contributed by atoms with E-state index in [9.17, 15) is 4.39 Å². The summed E-state index contributed by atoms with van der Waals surface area (Å²) in [6.45, 7) is 8.40. The van der Waals surface area contributed by atoms with Crippen molar-refractivity contribution in [1.82, 2.24) is 5.32 Å². The van der Waals surface area contributed by atoms with Crippen molar-refractivity contribution >= 4 is 21.6 Å². The van der Waals surface area contributed by atoms with Crippen molar-refractivity contribution < 1.29 is 4.39 Å². The van der Waals surface area contributed by atoms with Crippen molar-refractivity contribution in [3.8, 4) is 0 Å². The van der Waals surface area contributed by atoms with Crippen LogP contribution in [0.25, 0.3) is 0 Å². The third-order valence-corrected chi connectivity index (χ3v) is 4.01. The molecule has 1 aromatic rings. The highest BCUT2D eigenvalue weighted by molar-refractivity contribution is 9.10. The number of halogens is 2. The Balaban J connectivity index is 1.89. The van der Waals surface area contributed by atoms with E-state index in [1.165, 1.54) is 6.07 Å². The molecule has 1 atom stereocenters. The summed E-state index contributed by atoms with van der Waals surface area (Å²) in [7, 11) is 0. The normalized spacial score (nSPS) is 19.4. The van der Waals surface area contributed by atoms with Crippen LogP contribution in [0.3, 0.4) is 0 Å². The van der Waals surface area contributed by atoms with E-state index in [0.717, 1.165) is 42.8 Å². The highest BCUT2D eigenvalue weighted by Gasteiger charge is 2.24. The molecule has 0 saturated carbocycles. The zero-order chi connectivity index (χ0) is 13.8. The van der Waals surface area contributed by atoms with Gasteiger partial charge >= 0.3 is 0 Å². The lowest BCUT2D eigenvalue weighted by Crippen LogP contribution is -2.29. The molecular formula is C15H22BrFN2. The van der Waals surface area contributed by atoms with Gasteiger partial charge < -0.3 is 10.2 Å². The molecule has 2 rings (SSSR count). The van der Waals surface area contributed by atoms with Gasteiger partial charge in [0.2, 0.25) is 0 Å². The van der Waals surface area contributed by atoms with Gasteiger partial charge in [0.05, 0.1) is 5.69 Å². The number of anilines is 1. The third kappa shape index (κ3) is 4.18. The summed E-state index contributed by atoms with van der Waals surface area (Å²) in [5.41, 5.74) is 0.723. The van der Waals surface area contributed by atoms with E-state index < -0.39 is 0 Å². The predicted octanol–water partition coefficient (Wildman–Crippen LogP) is 3.66. The second-order valence-electron chi connectivity index (χ2n) is 5.75. The summed E-state index contributed by atoms with van der Waals surface area (Å²) in [5.74, 6) is 1.18. The minimum absolute atomic E-state index is 0.126. The van der Waals surface area contributed by atoms with Gasteiger partial charge in [0.1, 0.15) is 5.82 Å². The van der Waals surface area contributed by atoms with Gasteiger partial charge in [0, 0.05) is 17.6 Å². The standard InChI is InChI=1S/C15H22BrFN2/c1-11(2)8-18-9-12-5-6-19(10-12)15-7-13(16)3-4-14(15)17/h3-4,7,11-12,18H,5-6,8-10H2,1-2H3. The Morgan fingerprint density at radius 3 is 3.00 bits per heavy atom. The molecule has 0 bridgehead atoms. The first-order chi connectivity index (χ1) is 9.06. The van der Waals surface area contributed by atoms with Crippen LogP contribution >= 0.6 is 15.9 Å². The van der Waals surface area contributed by atoms with E-state index in [-0.39, 0.29) is 5.82 Å². The monoisotopic (exact) mass is 328 g/mol. The molecule has 2 nitrogen and oxygen atoms in total. The maximum atomic E-state index is 13.8. The molecule has 1 aliphatic rings. The minimum atomic E-state index is -0.126. The molecule has 106 valence electrons. The van der Waals surface area contributed by atoms with Crippen LogP contribution in [-0.2, 0) is 0 Å². The first-order valence-corrected chi connectivity index (χ1v) is 7.76. The van der Waals surface area contributed by atoms with Gasteiger partial charge in [-0.25, -0.2) is 4.39 Å². The van der Waals surface area contributed by atoms with Crippen LogP contribution in [-0.4, -0.2) is 26.2 Å². The minimum Gasteiger partial charge on any atom is -0.369 e. The zero-order valence-electron chi connectivity index (χ0n) is 11.6. The van der Waals surface area contributed by atoms with Gasteiger partial charge in [-0.1, -0.05) is 29.8 Å². The van der Waals surface area contributed by atoms with E-state index in [4.69, 9.17) is 0 Å². The fourth-order valence-electron chi connectivity index (χ4n) is 2.52. The molecule has 19 heavy (non-hydrogen) atoms. The summed E-state index contributed by atoms with van der Waals surface area (Å²) < 4.78 is 14.8. The SMILES string of the molecule is CC(C)CNCC1CCN(c2cc(Br)ccc2F)C1. The number of nitrogens with one attached hydrogen (secondary N) is 1. The van der Waals surface area contributed by atoms with Crippen LogP contribution in [0.4, 0.5) is 10.1 Å². The smallest absolute Gasteiger partial charge is 0.146 e. The van der Waals surface area contributed by atoms with E-state index in [0.29, 0.717) is 11.8 Å². The molecule has 1 fully saturated rings. The van der Waals surface area contributed by atoms with Crippen molar-refractivity contribution in [2.45, 2.75) is 20.3 Å². The number of hydrogen-bond acceptors (Lipinski definition) is 2. The number of nitrogens with zero attached hydrogens (tertiary/aromatic N) is 1. The summed E-state index contributed by atoms with van der Waals surface area (Å²) in [5, 5.41) is 3.50. The van der Waals surface area contributed by atoms with Crippen LogP contribution < -0.4 is 10.2 Å². The molecule has 4 heteroatoms. The quantitative estimate of drug-likeness (QED) is 0.887. The van der Waals surface area contributed by atoms with Crippen LogP contribution in [0.15, 0.2) is 22.7 Å². The molecule has 1 saturated heterocycles. The molecule has 0 aliphatic carbocycles. The Morgan fingerprint density at radius 1 is 1.47 bits per heavy atom. The topological polar surface area (TPSA) is 15.3 Å². The van der Waals surface area contributed by atoms with Crippen molar-refractivity contribution in [1.29, 1.82) is 0 Å². The first kappa shape index (κ1) is 14.8. The van der Waals surface area contributed by atoms with E-state index in [1.54, 1.807) is 6.07 Å². The Bertz CT molecular complexity index is 423. The second kappa shape index (κ2) is 6.71. The van der Waals surface area contributed by atoms with Crippen molar-refractivity contribution in [2.24, 2.45) is 11.8 Å². The van der Waals surface area contributed by atoms with Gasteiger partial charge in [-0.2, -0.15) is 0 Å². The van der Waals surface area contributed by atoms with E-state index in [2.05, 4.69) is 40.0 Å². The molecular weight excluding hydrogens is 307 g/mol. The van der Waals surface area contributed by atoms with Crippen molar-refractivity contribution in [2.75, 3.05) is 31.1 Å². The molecule has 1 N–H and O–H groups in total. The van der Waals surface area contributed by atoms with E-state index >= 15 is 0 Å². The molecule has 0 radical (unpaired) electrons.